The van der Waals surface area contributed by atoms with Crippen molar-refractivity contribution < 1.29 is 12.9 Å². The maximum atomic E-state index is 12.4. The molecule has 0 aromatic carbocycles. The number of hydrogen-bond acceptors (Lipinski definition) is 4. The van der Waals surface area contributed by atoms with Gasteiger partial charge in [-0.1, -0.05) is 19.0 Å². The van der Waals surface area contributed by atoms with Crippen LogP contribution in [0.25, 0.3) is 0 Å². The largest absolute Gasteiger partial charge is 0.360 e. The van der Waals surface area contributed by atoms with Gasteiger partial charge in [0, 0.05) is 13.1 Å². The Labute approximate surface area is 103 Å². The summed E-state index contributed by atoms with van der Waals surface area (Å²) in [5.74, 6) is 0.361. The Morgan fingerprint density at radius 1 is 1.18 bits per heavy atom. The van der Waals surface area contributed by atoms with Crippen molar-refractivity contribution in [2.75, 3.05) is 13.1 Å². The van der Waals surface area contributed by atoms with Gasteiger partial charge in [0.25, 0.3) is 0 Å². The number of nitrogens with zero attached hydrogens (tertiary/aromatic N) is 2. The molecule has 98 valence electrons. The third kappa shape index (κ3) is 2.87. The van der Waals surface area contributed by atoms with Crippen molar-refractivity contribution in [1.29, 1.82) is 0 Å². The normalized spacial score (nSPS) is 12.3. The standard InChI is InChI=1S/C11H20N2O3S/c1-5-7-13(8-6-2)17(14,15)11-9(3)12-16-10(11)4/h5-8H2,1-4H3. The first-order chi connectivity index (χ1) is 7.95. The monoisotopic (exact) mass is 260 g/mol. The van der Waals surface area contributed by atoms with Gasteiger partial charge in [0.2, 0.25) is 10.0 Å². The summed E-state index contributed by atoms with van der Waals surface area (Å²) >= 11 is 0. The predicted molar refractivity (Wildman–Crippen MR) is 65.3 cm³/mol. The Morgan fingerprint density at radius 3 is 2.06 bits per heavy atom. The summed E-state index contributed by atoms with van der Waals surface area (Å²) in [5, 5.41) is 3.70. The Hall–Kier alpha value is -0.880. The Kier molecular flexibility index (Phi) is 4.70. The Balaban J connectivity index is 3.16. The van der Waals surface area contributed by atoms with E-state index in [2.05, 4.69) is 5.16 Å². The summed E-state index contributed by atoms with van der Waals surface area (Å²) in [6.45, 7) is 8.26. The molecule has 0 amide bonds. The first-order valence-electron chi connectivity index (χ1n) is 5.88. The van der Waals surface area contributed by atoms with Crippen LogP contribution in [0.1, 0.15) is 38.1 Å². The highest BCUT2D eigenvalue weighted by Crippen LogP contribution is 2.23. The second-order valence-electron chi connectivity index (χ2n) is 4.06. The van der Waals surface area contributed by atoms with Gasteiger partial charge in [0.1, 0.15) is 10.6 Å². The van der Waals surface area contributed by atoms with Crippen LogP contribution >= 0.6 is 0 Å². The molecule has 0 saturated carbocycles. The van der Waals surface area contributed by atoms with Gasteiger partial charge in [-0.05, 0) is 26.7 Å². The van der Waals surface area contributed by atoms with Crippen LogP contribution in [0.5, 0.6) is 0 Å². The highest BCUT2D eigenvalue weighted by molar-refractivity contribution is 7.89. The SMILES string of the molecule is CCCN(CCC)S(=O)(=O)c1c(C)noc1C. The van der Waals surface area contributed by atoms with E-state index in [1.54, 1.807) is 13.8 Å². The molecule has 1 heterocycles. The van der Waals surface area contributed by atoms with Crippen LogP contribution in [0, 0.1) is 13.8 Å². The quantitative estimate of drug-likeness (QED) is 0.785. The third-order valence-corrected chi connectivity index (χ3v) is 4.66. The Bertz CT molecular complexity index is 440. The predicted octanol–water partition coefficient (Wildman–Crippen LogP) is 2.10. The number of aryl methyl sites for hydroxylation is 2. The minimum atomic E-state index is -3.47. The van der Waals surface area contributed by atoms with E-state index in [0.29, 0.717) is 24.5 Å². The molecule has 0 saturated heterocycles. The second kappa shape index (κ2) is 5.64. The first-order valence-corrected chi connectivity index (χ1v) is 7.32. The van der Waals surface area contributed by atoms with E-state index in [-0.39, 0.29) is 4.90 Å². The maximum Gasteiger partial charge on any atom is 0.248 e. The summed E-state index contributed by atoms with van der Waals surface area (Å²) in [5.41, 5.74) is 0.430. The van der Waals surface area contributed by atoms with Gasteiger partial charge < -0.3 is 4.52 Å². The van der Waals surface area contributed by atoms with Crippen LogP contribution in [0.4, 0.5) is 0 Å². The lowest BCUT2D eigenvalue weighted by Gasteiger charge is -2.20. The van der Waals surface area contributed by atoms with Gasteiger partial charge >= 0.3 is 0 Å². The summed E-state index contributed by atoms with van der Waals surface area (Å²) in [7, 11) is -3.47. The zero-order valence-electron chi connectivity index (χ0n) is 10.9. The van der Waals surface area contributed by atoms with E-state index in [1.165, 1.54) is 4.31 Å². The molecular formula is C11H20N2O3S. The Morgan fingerprint density at radius 2 is 1.71 bits per heavy atom. The first kappa shape index (κ1) is 14.2. The van der Waals surface area contributed by atoms with Gasteiger partial charge in [-0.25, -0.2) is 8.42 Å². The fraction of sp³-hybridized carbons (Fsp3) is 0.727. The molecule has 5 nitrogen and oxygen atoms in total. The van der Waals surface area contributed by atoms with Crippen LogP contribution in [0.15, 0.2) is 9.42 Å². The van der Waals surface area contributed by atoms with Crippen molar-refractivity contribution in [2.24, 2.45) is 0 Å². The molecule has 0 atom stereocenters. The molecule has 0 radical (unpaired) electrons. The summed E-state index contributed by atoms with van der Waals surface area (Å²) < 4.78 is 31.3. The van der Waals surface area contributed by atoms with E-state index in [1.807, 2.05) is 13.8 Å². The minimum Gasteiger partial charge on any atom is -0.360 e. The molecule has 0 unspecified atom stereocenters. The molecule has 17 heavy (non-hydrogen) atoms. The smallest absolute Gasteiger partial charge is 0.248 e. The van der Waals surface area contributed by atoms with Crippen molar-refractivity contribution >= 4 is 10.0 Å². The molecule has 0 aliphatic heterocycles. The van der Waals surface area contributed by atoms with Gasteiger partial charge in [-0.3, -0.25) is 0 Å². The molecular weight excluding hydrogens is 240 g/mol. The molecule has 0 bridgehead atoms. The van der Waals surface area contributed by atoms with Crippen LogP contribution in [-0.2, 0) is 10.0 Å². The number of rotatable bonds is 6. The molecule has 1 aromatic rings. The fourth-order valence-corrected chi connectivity index (χ4v) is 3.74. The molecule has 0 aliphatic rings. The van der Waals surface area contributed by atoms with Crippen LogP contribution < -0.4 is 0 Å². The molecule has 1 aromatic heterocycles. The summed E-state index contributed by atoms with van der Waals surface area (Å²) in [6.07, 6.45) is 1.59. The lowest BCUT2D eigenvalue weighted by atomic mass is 10.4. The van der Waals surface area contributed by atoms with Crippen LogP contribution in [0.3, 0.4) is 0 Å². The third-order valence-electron chi connectivity index (χ3n) is 2.51. The van der Waals surface area contributed by atoms with E-state index in [9.17, 15) is 8.42 Å². The maximum absolute atomic E-state index is 12.4. The van der Waals surface area contributed by atoms with E-state index in [4.69, 9.17) is 4.52 Å². The summed E-state index contributed by atoms with van der Waals surface area (Å²) in [6, 6.07) is 0. The molecule has 1 rings (SSSR count). The van der Waals surface area contributed by atoms with E-state index >= 15 is 0 Å². The zero-order valence-corrected chi connectivity index (χ0v) is 11.7. The van der Waals surface area contributed by atoms with Gasteiger partial charge in [0.15, 0.2) is 5.76 Å². The van der Waals surface area contributed by atoms with Crippen molar-refractivity contribution in [3.05, 3.63) is 11.5 Å². The average molecular weight is 260 g/mol. The fourth-order valence-electron chi connectivity index (χ4n) is 1.82. The lowest BCUT2D eigenvalue weighted by Crippen LogP contribution is -2.33. The van der Waals surface area contributed by atoms with Gasteiger partial charge in [0.05, 0.1) is 0 Å². The molecule has 0 aliphatic carbocycles. The van der Waals surface area contributed by atoms with Gasteiger partial charge in [-0.2, -0.15) is 4.31 Å². The minimum absolute atomic E-state index is 0.222. The molecule has 0 N–H and O–H groups in total. The van der Waals surface area contributed by atoms with E-state index in [0.717, 1.165) is 12.8 Å². The zero-order chi connectivity index (χ0) is 13.1. The van der Waals surface area contributed by atoms with Crippen LogP contribution in [-0.4, -0.2) is 31.0 Å². The average Bonchev–Trinajstić information content (AvgIpc) is 2.58. The second-order valence-corrected chi connectivity index (χ2v) is 5.93. The summed E-state index contributed by atoms with van der Waals surface area (Å²) in [4.78, 5) is 0.222. The molecule has 0 spiro atoms. The number of hydrogen-bond donors (Lipinski definition) is 0. The van der Waals surface area contributed by atoms with Crippen molar-refractivity contribution in [3.8, 4) is 0 Å². The topological polar surface area (TPSA) is 63.4 Å². The number of aromatic nitrogens is 1. The lowest BCUT2D eigenvalue weighted by molar-refractivity contribution is 0.387. The highest BCUT2D eigenvalue weighted by atomic mass is 32.2. The molecule has 6 heteroatoms. The van der Waals surface area contributed by atoms with Crippen molar-refractivity contribution in [1.82, 2.24) is 9.46 Å². The molecule has 0 fully saturated rings. The van der Waals surface area contributed by atoms with E-state index < -0.39 is 10.0 Å². The van der Waals surface area contributed by atoms with Crippen molar-refractivity contribution in [2.45, 2.75) is 45.4 Å². The number of sulfonamides is 1. The van der Waals surface area contributed by atoms with Gasteiger partial charge in [-0.15, -0.1) is 0 Å². The van der Waals surface area contributed by atoms with Crippen LogP contribution in [0.2, 0.25) is 0 Å². The highest BCUT2D eigenvalue weighted by Gasteiger charge is 2.29. The van der Waals surface area contributed by atoms with Crippen molar-refractivity contribution in [3.63, 3.8) is 0 Å².